The minimum atomic E-state index is 0.559. The van der Waals surface area contributed by atoms with Crippen LogP contribution in [0, 0.1) is 11.3 Å². The quantitative estimate of drug-likeness (QED) is 0.468. The lowest BCUT2D eigenvalue weighted by atomic mass is 10.1. The number of hydrogen-bond acceptors (Lipinski definition) is 4. The molecular formula is C21H13N3S. The SMILES string of the molecule is N#C/C(=C\c1ccncc1)c1nc(-c2ccc3ccccc3c2)cs1. The van der Waals surface area contributed by atoms with Crippen molar-refractivity contribution < 1.29 is 0 Å². The molecule has 0 spiro atoms. The Kier molecular flexibility index (Phi) is 4.07. The molecule has 4 rings (SSSR count). The summed E-state index contributed by atoms with van der Waals surface area (Å²) in [6.07, 6.45) is 5.26. The van der Waals surface area contributed by atoms with Gasteiger partial charge in [0.05, 0.1) is 11.3 Å². The molecule has 0 fully saturated rings. The molecule has 0 saturated heterocycles. The van der Waals surface area contributed by atoms with Gasteiger partial charge in [-0.1, -0.05) is 36.4 Å². The van der Waals surface area contributed by atoms with Crippen LogP contribution >= 0.6 is 11.3 Å². The predicted octanol–water partition coefficient (Wildman–Crippen LogP) is 5.42. The zero-order valence-corrected chi connectivity index (χ0v) is 14.1. The Morgan fingerprint density at radius 2 is 1.80 bits per heavy atom. The summed E-state index contributed by atoms with van der Waals surface area (Å²) in [6, 6.07) is 20.5. The molecule has 0 aliphatic heterocycles. The molecule has 25 heavy (non-hydrogen) atoms. The molecule has 118 valence electrons. The molecular weight excluding hydrogens is 326 g/mol. The van der Waals surface area contributed by atoms with E-state index in [-0.39, 0.29) is 0 Å². The van der Waals surface area contributed by atoms with Crippen molar-refractivity contribution in [3.63, 3.8) is 0 Å². The Bertz CT molecular complexity index is 1100. The lowest BCUT2D eigenvalue weighted by Crippen LogP contribution is -1.83. The molecule has 2 aromatic carbocycles. The monoisotopic (exact) mass is 339 g/mol. The van der Waals surface area contributed by atoms with Crippen LogP contribution in [0.5, 0.6) is 0 Å². The van der Waals surface area contributed by atoms with E-state index in [1.807, 2.05) is 35.7 Å². The van der Waals surface area contributed by atoms with Crippen molar-refractivity contribution >= 4 is 33.8 Å². The van der Waals surface area contributed by atoms with E-state index in [9.17, 15) is 5.26 Å². The van der Waals surface area contributed by atoms with Crippen LogP contribution in [0.1, 0.15) is 10.6 Å². The Hall–Kier alpha value is -3.29. The predicted molar refractivity (Wildman–Crippen MR) is 103 cm³/mol. The summed E-state index contributed by atoms with van der Waals surface area (Å²) >= 11 is 1.48. The van der Waals surface area contributed by atoms with Crippen molar-refractivity contribution in [2.45, 2.75) is 0 Å². The van der Waals surface area contributed by atoms with E-state index in [0.717, 1.165) is 21.8 Å². The summed E-state index contributed by atoms with van der Waals surface area (Å²) in [7, 11) is 0. The number of thiazole rings is 1. The summed E-state index contributed by atoms with van der Waals surface area (Å²) in [5.74, 6) is 0. The molecule has 0 amide bonds. The Balaban J connectivity index is 1.71. The number of nitrogens with zero attached hydrogens (tertiary/aromatic N) is 3. The average molecular weight is 339 g/mol. The smallest absolute Gasteiger partial charge is 0.134 e. The number of hydrogen-bond donors (Lipinski definition) is 0. The molecule has 0 bridgehead atoms. The second kappa shape index (κ2) is 6.68. The summed E-state index contributed by atoms with van der Waals surface area (Å²) < 4.78 is 0. The van der Waals surface area contributed by atoms with Crippen molar-refractivity contribution in [3.8, 4) is 17.3 Å². The number of pyridine rings is 1. The highest BCUT2D eigenvalue weighted by Gasteiger charge is 2.09. The maximum Gasteiger partial charge on any atom is 0.134 e. The van der Waals surface area contributed by atoms with Crippen LogP contribution in [-0.4, -0.2) is 9.97 Å². The van der Waals surface area contributed by atoms with E-state index in [0.29, 0.717) is 5.57 Å². The van der Waals surface area contributed by atoms with Crippen molar-refractivity contribution in [1.29, 1.82) is 5.26 Å². The fraction of sp³-hybridized carbons (Fsp3) is 0. The Morgan fingerprint density at radius 1 is 1.00 bits per heavy atom. The molecule has 0 unspecified atom stereocenters. The normalized spacial score (nSPS) is 11.4. The van der Waals surface area contributed by atoms with E-state index < -0.39 is 0 Å². The van der Waals surface area contributed by atoms with Crippen LogP contribution in [0.3, 0.4) is 0 Å². The van der Waals surface area contributed by atoms with Crippen LogP contribution in [0.2, 0.25) is 0 Å². The van der Waals surface area contributed by atoms with E-state index in [2.05, 4.69) is 46.4 Å². The average Bonchev–Trinajstić information content (AvgIpc) is 3.16. The highest BCUT2D eigenvalue weighted by molar-refractivity contribution is 7.11. The Morgan fingerprint density at radius 3 is 2.60 bits per heavy atom. The molecule has 4 aromatic rings. The first-order chi connectivity index (χ1) is 12.3. The molecule has 0 radical (unpaired) electrons. The van der Waals surface area contributed by atoms with Gasteiger partial charge in [-0.25, -0.2) is 4.98 Å². The van der Waals surface area contributed by atoms with Gasteiger partial charge in [-0.15, -0.1) is 11.3 Å². The largest absolute Gasteiger partial charge is 0.265 e. The van der Waals surface area contributed by atoms with Gasteiger partial charge in [-0.2, -0.15) is 5.26 Å². The van der Waals surface area contributed by atoms with Crippen molar-refractivity contribution in [2.75, 3.05) is 0 Å². The first-order valence-electron chi connectivity index (χ1n) is 7.80. The zero-order valence-electron chi connectivity index (χ0n) is 13.3. The molecule has 0 saturated carbocycles. The third-order valence-corrected chi connectivity index (χ3v) is 4.79. The van der Waals surface area contributed by atoms with Gasteiger partial charge >= 0.3 is 0 Å². The van der Waals surface area contributed by atoms with Gasteiger partial charge in [-0.05, 0) is 40.6 Å². The van der Waals surface area contributed by atoms with Crippen LogP contribution in [0.25, 0.3) is 33.7 Å². The van der Waals surface area contributed by atoms with E-state index in [4.69, 9.17) is 0 Å². The molecule has 2 aromatic heterocycles. The van der Waals surface area contributed by atoms with E-state index >= 15 is 0 Å². The number of nitriles is 1. The lowest BCUT2D eigenvalue weighted by Gasteiger charge is -2.01. The number of aromatic nitrogens is 2. The summed E-state index contributed by atoms with van der Waals surface area (Å²) in [5, 5.41) is 14.6. The zero-order chi connectivity index (χ0) is 17.1. The molecule has 3 nitrogen and oxygen atoms in total. The first kappa shape index (κ1) is 15.3. The first-order valence-corrected chi connectivity index (χ1v) is 8.68. The van der Waals surface area contributed by atoms with Gasteiger partial charge in [0.25, 0.3) is 0 Å². The summed E-state index contributed by atoms with van der Waals surface area (Å²) in [6.45, 7) is 0. The van der Waals surface area contributed by atoms with Crippen LogP contribution in [-0.2, 0) is 0 Å². The van der Waals surface area contributed by atoms with Crippen molar-refractivity contribution in [3.05, 3.63) is 82.9 Å². The van der Waals surface area contributed by atoms with Gasteiger partial charge < -0.3 is 0 Å². The van der Waals surface area contributed by atoms with E-state index in [1.54, 1.807) is 12.4 Å². The fourth-order valence-corrected chi connectivity index (χ4v) is 3.44. The number of benzene rings is 2. The fourth-order valence-electron chi connectivity index (χ4n) is 2.65. The van der Waals surface area contributed by atoms with Gasteiger partial charge in [0.15, 0.2) is 0 Å². The summed E-state index contributed by atoms with van der Waals surface area (Å²) in [5.41, 5.74) is 3.45. The topological polar surface area (TPSA) is 49.6 Å². The number of rotatable bonds is 3. The number of allylic oxidation sites excluding steroid dienone is 1. The van der Waals surface area contributed by atoms with Crippen LogP contribution < -0.4 is 0 Å². The molecule has 0 N–H and O–H groups in total. The Labute approximate surface area is 149 Å². The van der Waals surface area contributed by atoms with Gasteiger partial charge in [0.2, 0.25) is 0 Å². The van der Waals surface area contributed by atoms with Gasteiger partial charge in [-0.3, -0.25) is 4.98 Å². The van der Waals surface area contributed by atoms with Gasteiger partial charge in [0, 0.05) is 23.3 Å². The third-order valence-electron chi connectivity index (χ3n) is 3.92. The highest BCUT2D eigenvalue weighted by atomic mass is 32.1. The van der Waals surface area contributed by atoms with E-state index in [1.165, 1.54) is 22.1 Å². The van der Waals surface area contributed by atoms with Gasteiger partial charge in [0.1, 0.15) is 11.1 Å². The minimum Gasteiger partial charge on any atom is -0.265 e. The number of fused-ring (bicyclic) bond motifs is 1. The van der Waals surface area contributed by atoms with Crippen molar-refractivity contribution in [2.24, 2.45) is 0 Å². The van der Waals surface area contributed by atoms with Crippen molar-refractivity contribution in [1.82, 2.24) is 9.97 Å². The molecule has 2 heterocycles. The molecule has 0 aliphatic rings. The molecule has 4 heteroatoms. The second-order valence-electron chi connectivity index (χ2n) is 5.55. The summed E-state index contributed by atoms with van der Waals surface area (Å²) in [4.78, 5) is 8.66. The maximum absolute atomic E-state index is 9.49. The maximum atomic E-state index is 9.49. The standard InChI is InChI=1S/C21H13N3S/c22-13-19(11-15-7-9-23-10-8-15)21-24-20(14-25-21)18-6-5-16-3-1-2-4-17(16)12-18/h1-12,14H/b19-11+. The minimum absolute atomic E-state index is 0.559. The molecule has 0 atom stereocenters. The third kappa shape index (κ3) is 3.18. The highest BCUT2D eigenvalue weighted by Crippen LogP contribution is 2.29. The van der Waals surface area contributed by atoms with Crippen LogP contribution in [0.4, 0.5) is 0 Å². The lowest BCUT2D eigenvalue weighted by molar-refractivity contribution is 1.32. The molecule has 0 aliphatic carbocycles. The van der Waals surface area contributed by atoms with Crippen LogP contribution in [0.15, 0.2) is 72.4 Å². The second-order valence-corrected chi connectivity index (χ2v) is 6.41.